The second kappa shape index (κ2) is 5.27. The van der Waals surface area contributed by atoms with Gasteiger partial charge in [0.2, 0.25) is 0 Å². The number of rotatable bonds is 5. The Morgan fingerprint density at radius 1 is 1.44 bits per heavy atom. The molecule has 0 aliphatic heterocycles. The molecule has 0 bridgehead atoms. The van der Waals surface area contributed by atoms with Crippen molar-refractivity contribution >= 4 is 0 Å². The van der Waals surface area contributed by atoms with Gasteiger partial charge in [0.15, 0.2) is 0 Å². The summed E-state index contributed by atoms with van der Waals surface area (Å²) < 4.78 is 1.67. The molecule has 1 N–H and O–H groups in total. The van der Waals surface area contributed by atoms with Crippen molar-refractivity contribution in [2.45, 2.75) is 26.0 Å². The molecule has 0 unspecified atom stereocenters. The Hall–Kier alpha value is -1.13. The Balaban J connectivity index is 2.47. The Labute approximate surface area is 96.1 Å². The molecule has 4 heteroatoms. The molecule has 0 aliphatic rings. The number of aromatic nitrogens is 1. The van der Waals surface area contributed by atoms with Crippen LogP contribution in [0.4, 0.5) is 0 Å². The molecule has 4 nitrogen and oxygen atoms in total. The van der Waals surface area contributed by atoms with Crippen LogP contribution in [0.5, 0.6) is 0 Å². The minimum Gasteiger partial charge on any atom is -0.389 e. The average Bonchev–Trinajstić information content (AvgIpc) is 2.14. The number of hydrogen-bond acceptors (Lipinski definition) is 3. The molecule has 0 fully saturated rings. The van der Waals surface area contributed by atoms with Crippen molar-refractivity contribution in [3.63, 3.8) is 0 Å². The van der Waals surface area contributed by atoms with Crippen LogP contribution >= 0.6 is 0 Å². The highest BCUT2D eigenvalue weighted by atomic mass is 16.3. The Kier molecular flexibility index (Phi) is 4.26. The van der Waals surface area contributed by atoms with E-state index in [9.17, 15) is 9.90 Å². The fraction of sp³-hybridized carbons (Fsp3) is 0.583. The quantitative estimate of drug-likeness (QED) is 0.794. The number of likely N-dealkylation sites (N-methyl/N-ethyl adjacent to an activating group) is 1. The van der Waals surface area contributed by atoms with E-state index in [1.165, 1.54) is 0 Å². The predicted octanol–water partition coefficient (Wildman–Crippen LogP) is 0.551. The van der Waals surface area contributed by atoms with E-state index >= 15 is 0 Å². The maximum Gasteiger partial charge on any atom is 0.250 e. The van der Waals surface area contributed by atoms with Crippen molar-refractivity contribution in [2.75, 3.05) is 20.1 Å². The molecule has 0 saturated heterocycles. The molecule has 0 aromatic carbocycles. The van der Waals surface area contributed by atoms with Crippen LogP contribution in [0.15, 0.2) is 29.2 Å². The van der Waals surface area contributed by atoms with Crippen molar-refractivity contribution in [3.8, 4) is 0 Å². The molecule has 90 valence electrons. The van der Waals surface area contributed by atoms with Gasteiger partial charge in [0.05, 0.1) is 5.60 Å². The van der Waals surface area contributed by atoms with Gasteiger partial charge in [-0.05, 0) is 27.0 Å². The van der Waals surface area contributed by atoms with Gasteiger partial charge < -0.3 is 14.6 Å². The molecule has 0 amide bonds. The van der Waals surface area contributed by atoms with Crippen molar-refractivity contribution in [1.29, 1.82) is 0 Å². The zero-order chi connectivity index (χ0) is 12.2. The number of hydrogen-bond donors (Lipinski definition) is 1. The first-order chi connectivity index (χ1) is 7.38. The van der Waals surface area contributed by atoms with Crippen molar-refractivity contribution in [2.24, 2.45) is 0 Å². The lowest BCUT2D eigenvalue weighted by Crippen LogP contribution is -2.38. The lowest BCUT2D eigenvalue weighted by molar-refractivity contribution is 0.0437. The van der Waals surface area contributed by atoms with Crippen LogP contribution in [0.3, 0.4) is 0 Å². The molecule has 0 spiro atoms. The van der Waals surface area contributed by atoms with Crippen molar-refractivity contribution in [3.05, 3.63) is 34.7 Å². The van der Waals surface area contributed by atoms with Crippen LogP contribution in [-0.2, 0) is 6.54 Å². The zero-order valence-electron chi connectivity index (χ0n) is 10.2. The summed E-state index contributed by atoms with van der Waals surface area (Å²) in [5.74, 6) is 0. The summed E-state index contributed by atoms with van der Waals surface area (Å²) in [7, 11) is 1.94. The van der Waals surface area contributed by atoms with Crippen LogP contribution in [0.25, 0.3) is 0 Å². The summed E-state index contributed by atoms with van der Waals surface area (Å²) in [5, 5.41) is 9.63. The summed E-state index contributed by atoms with van der Waals surface area (Å²) in [6, 6.07) is 5.13. The first-order valence-corrected chi connectivity index (χ1v) is 5.45. The van der Waals surface area contributed by atoms with Crippen molar-refractivity contribution < 1.29 is 5.11 Å². The van der Waals surface area contributed by atoms with Crippen LogP contribution in [0.2, 0.25) is 0 Å². The highest BCUT2D eigenvalue weighted by Gasteiger charge is 2.15. The van der Waals surface area contributed by atoms with Crippen LogP contribution in [-0.4, -0.2) is 40.3 Å². The molecular formula is C12H20N2O2. The Morgan fingerprint density at radius 2 is 2.12 bits per heavy atom. The van der Waals surface area contributed by atoms with Gasteiger partial charge in [-0.2, -0.15) is 0 Å². The Morgan fingerprint density at radius 3 is 2.69 bits per heavy atom. The van der Waals surface area contributed by atoms with E-state index in [0.717, 1.165) is 6.54 Å². The molecule has 16 heavy (non-hydrogen) atoms. The molecule has 0 atom stereocenters. The zero-order valence-corrected chi connectivity index (χ0v) is 10.2. The van der Waals surface area contributed by atoms with Gasteiger partial charge in [0.25, 0.3) is 5.56 Å². The minimum absolute atomic E-state index is 0.0131. The number of pyridine rings is 1. The summed E-state index contributed by atoms with van der Waals surface area (Å²) in [4.78, 5) is 13.4. The van der Waals surface area contributed by atoms with E-state index in [0.29, 0.717) is 13.1 Å². The van der Waals surface area contributed by atoms with Crippen LogP contribution < -0.4 is 5.56 Å². The largest absolute Gasteiger partial charge is 0.389 e. The van der Waals surface area contributed by atoms with Crippen LogP contribution in [0, 0.1) is 0 Å². The fourth-order valence-electron chi connectivity index (χ4n) is 1.66. The standard InChI is InChI=1S/C12H20N2O2/c1-12(2,16)10-13(3)8-9-14-7-5-4-6-11(14)15/h4-7,16H,8-10H2,1-3H3. The van der Waals surface area contributed by atoms with E-state index in [2.05, 4.69) is 0 Å². The summed E-state index contributed by atoms with van der Waals surface area (Å²) in [6.45, 7) is 5.53. The fourth-order valence-corrected chi connectivity index (χ4v) is 1.66. The average molecular weight is 224 g/mol. The highest BCUT2D eigenvalue weighted by molar-refractivity contribution is 4.93. The number of nitrogens with zero attached hydrogens (tertiary/aromatic N) is 2. The van der Waals surface area contributed by atoms with Gasteiger partial charge in [-0.1, -0.05) is 6.07 Å². The summed E-state index contributed by atoms with van der Waals surface area (Å²) in [5.41, 5.74) is -0.685. The van der Waals surface area contributed by atoms with Crippen LogP contribution in [0.1, 0.15) is 13.8 Å². The molecular weight excluding hydrogens is 204 g/mol. The predicted molar refractivity (Wildman–Crippen MR) is 64.5 cm³/mol. The SMILES string of the molecule is CN(CCn1ccccc1=O)CC(C)(C)O. The summed E-state index contributed by atoms with van der Waals surface area (Å²) >= 11 is 0. The van der Waals surface area contributed by atoms with E-state index in [1.807, 2.05) is 18.0 Å². The molecule has 1 heterocycles. The smallest absolute Gasteiger partial charge is 0.250 e. The molecule has 0 saturated carbocycles. The first-order valence-electron chi connectivity index (χ1n) is 5.45. The molecule has 0 radical (unpaired) electrons. The van der Waals surface area contributed by atoms with E-state index in [1.54, 1.807) is 36.7 Å². The first kappa shape index (κ1) is 12.9. The molecule has 1 rings (SSSR count). The monoisotopic (exact) mass is 224 g/mol. The van der Waals surface area contributed by atoms with E-state index in [4.69, 9.17) is 0 Å². The Bertz CT molecular complexity index is 379. The molecule has 1 aromatic rings. The molecule has 0 aliphatic carbocycles. The highest BCUT2D eigenvalue weighted by Crippen LogP contribution is 2.02. The van der Waals surface area contributed by atoms with E-state index < -0.39 is 5.60 Å². The van der Waals surface area contributed by atoms with Gasteiger partial charge in [0, 0.05) is 31.9 Å². The van der Waals surface area contributed by atoms with Gasteiger partial charge in [-0.15, -0.1) is 0 Å². The van der Waals surface area contributed by atoms with E-state index in [-0.39, 0.29) is 5.56 Å². The third kappa shape index (κ3) is 4.59. The summed E-state index contributed by atoms with van der Waals surface area (Å²) in [6.07, 6.45) is 1.78. The van der Waals surface area contributed by atoms with Gasteiger partial charge in [-0.3, -0.25) is 4.79 Å². The maximum atomic E-state index is 11.4. The van der Waals surface area contributed by atoms with Gasteiger partial charge in [-0.25, -0.2) is 0 Å². The third-order valence-electron chi connectivity index (χ3n) is 2.28. The lowest BCUT2D eigenvalue weighted by Gasteiger charge is -2.25. The minimum atomic E-state index is -0.698. The third-order valence-corrected chi connectivity index (χ3v) is 2.28. The second-order valence-corrected chi connectivity index (χ2v) is 4.78. The van der Waals surface area contributed by atoms with Crippen molar-refractivity contribution in [1.82, 2.24) is 9.47 Å². The normalized spacial score (nSPS) is 12.1. The number of aliphatic hydroxyl groups is 1. The van der Waals surface area contributed by atoms with Gasteiger partial charge in [0.1, 0.15) is 0 Å². The maximum absolute atomic E-state index is 11.4. The lowest BCUT2D eigenvalue weighted by atomic mass is 10.1. The topological polar surface area (TPSA) is 45.5 Å². The molecule has 1 aromatic heterocycles. The second-order valence-electron chi connectivity index (χ2n) is 4.78. The van der Waals surface area contributed by atoms with Gasteiger partial charge >= 0.3 is 0 Å².